The molecule has 1 aliphatic heterocycles. The summed E-state index contributed by atoms with van der Waals surface area (Å²) in [5.41, 5.74) is 2.13. The first kappa shape index (κ1) is 19.7. The Morgan fingerprint density at radius 3 is 2.55 bits per heavy atom. The van der Waals surface area contributed by atoms with E-state index in [1.165, 1.54) is 16.2 Å². The first-order chi connectivity index (χ1) is 14.2. The number of amides is 1. The summed E-state index contributed by atoms with van der Waals surface area (Å²) in [7, 11) is 1.66. The number of likely N-dealkylation sites (tertiary alicyclic amines) is 1. The van der Waals surface area contributed by atoms with Crippen LogP contribution in [0.25, 0.3) is 0 Å². The molecule has 0 aliphatic carbocycles. The van der Waals surface area contributed by atoms with Crippen LogP contribution in [0.3, 0.4) is 0 Å². The quantitative estimate of drug-likeness (QED) is 0.631. The molecule has 150 valence electrons. The minimum absolute atomic E-state index is 0.0909. The third kappa shape index (κ3) is 4.69. The Morgan fingerprint density at radius 1 is 1.10 bits per heavy atom. The Morgan fingerprint density at radius 2 is 1.86 bits per heavy atom. The zero-order chi connectivity index (χ0) is 20.1. The summed E-state index contributed by atoms with van der Waals surface area (Å²) in [5, 5.41) is 5.41. The van der Waals surface area contributed by atoms with Gasteiger partial charge in [-0.15, -0.1) is 11.3 Å². The third-order valence-corrected chi connectivity index (χ3v) is 6.63. The second-order valence-corrected chi connectivity index (χ2v) is 8.46. The average molecular weight is 408 g/mol. The molecule has 4 nitrogen and oxygen atoms in total. The molecule has 0 radical (unpaired) electrons. The van der Waals surface area contributed by atoms with Crippen molar-refractivity contribution < 1.29 is 14.4 Å². The van der Waals surface area contributed by atoms with Crippen LogP contribution in [-0.2, 0) is 4.79 Å². The van der Waals surface area contributed by atoms with Crippen molar-refractivity contribution in [3.63, 3.8) is 0 Å². The van der Waals surface area contributed by atoms with Gasteiger partial charge in [-0.05, 0) is 34.7 Å². The number of ether oxygens (including phenoxy) is 1. The highest BCUT2D eigenvalue weighted by molar-refractivity contribution is 7.10. The summed E-state index contributed by atoms with van der Waals surface area (Å²) in [6.07, 6.45) is 2.33. The molecule has 2 N–H and O–H groups in total. The van der Waals surface area contributed by atoms with Gasteiger partial charge in [-0.25, -0.2) is 0 Å². The van der Waals surface area contributed by atoms with Crippen molar-refractivity contribution in [2.45, 2.75) is 24.9 Å². The number of hydrogen-bond acceptors (Lipinski definition) is 3. The van der Waals surface area contributed by atoms with Gasteiger partial charge in [-0.1, -0.05) is 48.5 Å². The molecule has 29 heavy (non-hydrogen) atoms. The average Bonchev–Trinajstić information content (AvgIpc) is 3.44. The smallest absolute Gasteiger partial charge is 0.275 e. The second-order valence-electron chi connectivity index (χ2n) is 7.48. The molecule has 1 saturated heterocycles. The maximum absolute atomic E-state index is 13.0. The first-order valence-corrected chi connectivity index (χ1v) is 11.0. The van der Waals surface area contributed by atoms with Gasteiger partial charge >= 0.3 is 0 Å². The van der Waals surface area contributed by atoms with Crippen LogP contribution in [0.2, 0.25) is 0 Å². The standard InChI is InChI=1S/C24H26N2O2S/c1-28-20-13-11-19(12-14-20)24(18-7-3-2-4-8-18)25-23(27)17-26-15-5-9-21(26)22-10-6-16-29-22/h2-4,6-8,10-14,16,21,24H,5,9,15,17H2,1H3,(H,25,27)/p+1/t21-,24+/m1/s1. The molecule has 1 aromatic heterocycles. The zero-order valence-electron chi connectivity index (χ0n) is 16.6. The van der Waals surface area contributed by atoms with Crippen molar-refractivity contribution in [2.75, 3.05) is 20.2 Å². The topological polar surface area (TPSA) is 42.8 Å². The SMILES string of the molecule is COc1ccc([C@@H](NC(=O)C[NH+]2CCC[C@@H]2c2cccs2)c2ccccc2)cc1. The third-order valence-electron chi connectivity index (χ3n) is 5.65. The molecule has 4 rings (SSSR count). The summed E-state index contributed by atoms with van der Waals surface area (Å²) in [5.74, 6) is 0.903. The van der Waals surface area contributed by atoms with Gasteiger partial charge in [0.25, 0.3) is 5.91 Å². The van der Waals surface area contributed by atoms with Crippen LogP contribution >= 0.6 is 11.3 Å². The summed E-state index contributed by atoms with van der Waals surface area (Å²) < 4.78 is 5.28. The Hall–Kier alpha value is -2.63. The van der Waals surface area contributed by atoms with Crippen LogP contribution in [-0.4, -0.2) is 26.1 Å². The van der Waals surface area contributed by atoms with Crippen molar-refractivity contribution in [3.05, 3.63) is 88.1 Å². The lowest BCUT2D eigenvalue weighted by atomic mass is 9.98. The van der Waals surface area contributed by atoms with E-state index in [9.17, 15) is 4.79 Å². The molecule has 2 aromatic carbocycles. The highest BCUT2D eigenvalue weighted by Gasteiger charge is 2.32. The Labute approximate surface area is 176 Å². The number of methoxy groups -OCH3 is 1. The van der Waals surface area contributed by atoms with Crippen LogP contribution < -0.4 is 15.0 Å². The van der Waals surface area contributed by atoms with E-state index >= 15 is 0 Å². The van der Waals surface area contributed by atoms with E-state index in [0.717, 1.165) is 29.8 Å². The van der Waals surface area contributed by atoms with Crippen LogP contribution in [0.4, 0.5) is 0 Å². The lowest BCUT2D eigenvalue weighted by Crippen LogP contribution is -3.11. The number of quaternary nitrogens is 1. The van der Waals surface area contributed by atoms with E-state index in [4.69, 9.17) is 4.74 Å². The molecular weight excluding hydrogens is 380 g/mol. The van der Waals surface area contributed by atoms with E-state index in [1.54, 1.807) is 18.4 Å². The van der Waals surface area contributed by atoms with Gasteiger partial charge < -0.3 is 15.0 Å². The van der Waals surface area contributed by atoms with E-state index < -0.39 is 0 Å². The fourth-order valence-electron chi connectivity index (χ4n) is 4.18. The summed E-state index contributed by atoms with van der Waals surface area (Å²) in [4.78, 5) is 15.8. The number of rotatable bonds is 7. The molecule has 0 spiro atoms. The minimum atomic E-state index is -0.170. The van der Waals surface area contributed by atoms with Gasteiger partial charge in [0.15, 0.2) is 6.54 Å². The van der Waals surface area contributed by atoms with E-state index in [2.05, 4.69) is 35.0 Å². The predicted octanol–water partition coefficient (Wildman–Crippen LogP) is 3.38. The van der Waals surface area contributed by atoms with E-state index in [0.29, 0.717) is 12.6 Å². The van der Waals surface area contributed by atoms with E-state index in [-0.39, 0.29) is 11.9 Å². The van der Waals surface area contributed by atoms with Gasteiger partial charge in [-0.3, -0.25) is 4.79 Å². The van der Waals surface area contributed by atoms with Crippen LogP contribution in [0.1, 0.15) is 40.9 Å². The molecule has 3 aromatic rings. The Bertz CT molecular complexity index is 910. The molecule has 1 unspecified atom stereocenters. The molecule has 0 bridgehead atoms. The van der Waals surface area contributed by atoms with Gasteiger partial charge in [0.05, 0.1) is 24.6 Å². The van der Waals surface area contributed by atoms with Gasteiger partial charge in [0, 0.05) is 12.8 Å². The second kappa shape index (κ2) is 9.25. The molecule has 3 atom stereocenters. The normalized spacial score (nSPS) is 19.6. The fourth-order valence-corrected chi connectivity index (χ4v) is 5.10. The van der Waals surface area contributed by atoms with Crippen molar-refractivity contribution in [1.29, 1.82) is 0 Å². The maximum Gasteiger partial charge on any atom is 0.275 e. The molecule has 0 saturated carbocycles. The minimum Gasteiger partial charge on any atom is -0.497 e. The van der Waals surface area contributed by atoms with Crippen molar-refractivity contribution >= 4 is 17.2 Å². The number of benzene rings is 2. The highest BCUT2D eigenvalue weighted by Crippen LogP contribution is 2.25. The van der Waals surface area contributed by atoms with Crippen LogP contribution in [0.5, 0.6) is 5.75 Å². The largest absolute Gasteiger partial charge is 0.497 e. The summed E-state index contributed by atoms with van der Waals surface area (Å²) in [6.45, 7) is 1.55. The van der Waals surface area contributed by atoms with E-state index in [1.807, 2.05) is 42.5 Å². The molecule has 1 amide bonds. The monoisotopic (exact) mass is 407 g/mol. The highest BCUT2D eigenvalue weighted by atomic mass is 32.1. The Kier molecular flexibility index (Phi) is 6.27. The molecule has 1 aliphatic rings. The van der Waals surface area contributed by atoms with Crippen molar-refractivity contribution in [2.24, 2.45) is 0 Å². The molecule has 1 fully saturated rings. The van der Waals surface area contributed by atoms with Gasteiger partial charge in [0.1, 0.15) is 11.8 Å². The maximum atomic E-state index is 13.0. The first-order valence-electron chi connectivity index (χ1n) is 10.1. The van der Waals surface area contributed by atoms with Crippen LogP contribution in [0.15, 0.2) is 72.1 Å². The number of nitrogens with one attached hydrogen (secondary N) is 2. The molecule has 5 heteroatoms. The summed E-state index contributed by atoms with van der Waals surface area (Å²) in [6, 6.07) is 22.6. The van der Waals surface area contributed by atoms with Gasteiger partial charge in [-0.2, -0.15) is 0 Å². The Balaban J connectivity index is 1.50. The molecular formula is C24H27N2O2S+. The van der Waals surface area contributed by atoms with Crippen LogP contribution in [0, 0.1) is 0 Å². The van der Waals surface area contributed by atoms with Gasteiger partial charge in [0.2, 0.25) is 0 Å². The zero-order valence-corrected chi connectivity index (χ0v) is 17.5. The number of carbonyl (C=O) groups is 1. The van der Waals surface area contributed by atoms with Crippen molar-refractivity contribution in [1.82, 2.24) is 5.32 Å². The number of thiophene rings is 1. The number of carbonyl (C=O) groups excluding carboxylic acids is 1. The predicted molar refractivity (Wildman–Crippen MR) is 116 cm³/mol. The number of hydrogen-bond donors (Lipinski definition) is 2. The summed E-state index contributed by atoms with van der Waals surface area (Å²) >= 11 is 1.80. The lowest BCUT2D eigenvalue weighted by Gasteiger charge is -2.23. The fraction of sp³-hybridized carbons (Fsp3) is 0.292. The lowest BCUT2D eigenvalue weighted by molar-refractivity contribution is -0.910. The van der Waals surface area contributed by atoms with Crippen molar-refractivity contribution in [3.8, 4) is 5.75 Å². The molecule has 2 heterocycles.